The van der Waals surface area contributed by atoms with Gasteiger partial charge in [-0.2, -0.15) is 0 Å². The second-order valence-corrected chi connectivity index (χ2v) is 17.9. The molecule has 4 N–H and O–H groups in total. The van der Waals surface area contributed by atoms with Crippen LogP contribution >= 0.6 is 22.7 Å². The second-order valence-electron chi connectivity index (χ2n) is 16.0. The SMILES string of the molecule is O=C(O)CC(O)(CC(=O)O)C(=O)O.[2H]C([2H])(c1cccs1)C([2H])([2H])N1CCC(COC)(N(C(=O)CC)c2ccccc2)CC1.[2H]C([2H])(c1cccs1)C([2H])([2H])N1CCC(COC)(N(C(=O)CC)c2ccccc2)CC1. The standard InChI is InChI=1S/2C22H30N2O2S.C6H8O7/c2*1-3-21(25)24(19-8-5-4-6-9-19)22(18-26-2)12-15-23(16-13-22)14-11-20-10-7-17-27-20;7-3(8)1-6(13,5(11)12)2-4(9)10/h2*4-10,17H,3,11-16,18H2,1-2H3;13H,1-2H2,(H,7,8)(H,9,10)(H,11,12)/i2*11D2,14D2;. The molecule has 0 radical (unpaired) electrons. The number of aliphatic carboxylic acids is 3. The van der Waals surface area contributed by atoms with Crippen molar-refractivity contribution >= 4 is 63.8 Å². The number of benzene rings is 2. The number of carboxylic acid groups (broad SMARTS) is 3. The minimum Gasteiger partial charge on any atom is -0.481 e. The van der Waals surface area contributed by atoms with Gasteiger partial charge in [0.25, 0.3) is 0 Å². The van der Waals surface area contributed by atoms with E-state index in [1.807, 2.05) is 84.3 Å². The van der Waals surface area contributed by atoms with Crippen LogP contribution in [0.15, 0.2) is 95.7 Å². The summed E-state index contributed by atoms with van der Waals surface area (Å²) < 4.78 is 79.6. The van der Waals surface area contributed by atoms with Crippen LogP contribution in [0.5, 0.6) is 0 Å². The summed E-state index contributed by atoms with van der Waals surface area (Å²) in [6.45, 7) is 1.27. The van der Waals surface area contributed by atoms with Gasteiger partial charge >= 0.3 is 17.9 Å². The maximum atomic E-state index is 13.0. The molecule has 17 heteroatoms. The van der Waals surface area contributed by atoms with Gasteiger partial charge in [0, 0.05) is 98.3 Å². The Balaban J connectivity index is 0.000000264. The predicted octanol–water partition coefficient (Wildman–Crippen LogP) is 7.18. The van der Waals surface area contributed by atoms with Crippen molar-refractivity contribution in [1.82, 2.24) is 9.80 Å². The third kappa shape index (κ3) is 16.1. The summed E-state index contributed by atoms with van der Waals surface area (Å²) in [5.74, 6) is -5.03. The van der Waals surface area contributed by atoms with Gasteiger partial charge in [0.15, 0.2) is 5.60 Å². The fourth-order valence-electron chi connectivity index (χ4n) is 7.99. The Morgan fingerprint density at radius 3 is 1.25 bits per heavy atom. The van der Waals surface area contributed by atoms with Crippen LogP contribution in [0.3, 0.4) is 0 Å². The molecule has 2 aromatic carbocycles. The molecule has 0 spiro atoms. The molecular weight excluding hydrogens is 897 g/mol. The monoisotopic (exact) mass is 972 g/mol. The lowest BCUT2D eigenvalue weighted by Crippen LogP contribution is -2.60. The number of ether oxygens (including phenoxy) is 2. The van der Waals surface area contributed by atoms with E-state index in [1.165, 1.54) is 22.7 Å². The number of hydrogen-bond donors (Lipinski definition) is 4. The quantitative estimate of drug-likeness (QED) is 0.0656. The van der Waals surface area contributed by atoms with Crippen molar-refractivity contribution in [3.63, 3.8) is 0 Å². The number of rotatable bonds is 21. The van der Waals surface area contributed by atoms with Gasteiger partial charge in [0.05, 0.1) is 37.1 Å². The molecule has 2 fully saturated rings. The van der Waals surface area contributed by atoms with E-state index < -0.39 is 73.2 Å². The van der Waals surface area contributed by atoms with E-state index in [1.54, 1.807) is 59.0 Å². The Hall–Kier alpha value is -5.01. The smallest absolute Gasteiger partial charge is 0.336 e. The number of nitrogens with zero attached hydrogens (tertiary/aromatic N) is 4. The number of likely N-dealkylation sites (tertiary alicyclic amines) is 2. The van der Waals surface area contributed by atoms with E-state index in [0.717, 1.165) is 11.4 Å². The van der Waals surface area contributed by atoms with Crippen molar-refractivity contribution in [3.05, 3.63) is 105 Å². The summed E-state index contributed by atoms with van der Waals surface area (Å²) >= 11 is 2.45. The van der Waals surface area contributed by atoms with Crippen molar-refractivity contribution in [2.24, 2.45) is 0 Å². The molecule has 6 rings (SSSR count). The van der Waals surface area contributed by atoms with Gasteiger partial charge in [0.1, 0.15) is 0 Å². The molecule has 0 unspecified atom stereocenters. The van der Waals surface area contributed by atoms with Crippen LogP contribution in [-0.2, 0) is 46.2 Å². The highest BCUT2D eigenvalue weighted by Crippen LogP contribution is 2.36. The molecule has 2 aliphatic rings. The minimum absolute atomic E-state index is 0.00590. The zero-order valence-corrected chi connectivity index (χ0v) is 40.0. The highest BCUT2D eigenvalue weighted by molar-refractivity contribution is 7.10. The third-order valence-corrected chi connectivity index (χ3v) is 12.9. The molecule has 4 heterocycles. The number of aliphatic hydroxyl groups is 1. The van der Waals surface area contributed by atoms with E-state index in [4.69, 9.17) is 40.9 Å². The number of carbonyl (C=O) groups is 5. The van der Waals surface area contributed by atoms with Crippen molar-refractivity contribution in [3.8, 4) is 0 Å². The molecule has 366 valence electrons. The topological polar surface area (TPSA) is 198 Å². The second kappa shape index (κ2) is 27.1. The number of aryl methyl sites for hydroxylation is 2. The minimum atomic E-state index is -2.74. The Kier molecular flexibility index (Phi) is 17.5. The van der Waals surface area contributed by atoms with Gasteiger partial charge in [-0.05, 0) is 85.6 Å². The van der Waals surface area contributed by atoms with Crippen LogP contribution in [-0.4, -0.2) is 143 Å². The van der Waals surface area contributed by atoms with Crippen molar-refractivity contribution < 1.29 is 64.8 Å². The Morgan fingerprint density at radius 1 is 0.627 bits per heavy atom. The summed E-state index contributed by atoms with van der Waals surface area (Å²) in [5, 5.41) is 37.3. The van der Waals surface area contributed by atoms with Crippen LogP contribution in [0.4, 0.5) is 11.4 Å². The van der Waals surface area contributed by atoms with Crippen LogP contribution in [0.25, 0.3) is 0 Å². The maximum Gasteiger partial charge on any atom is 0.336 e. The Morgan fingerprint density at radius 2 is 0.985 bits per heavy atom. The number of methoxy groups -OCH3 is 2. The number of thiophene rings is 2. The average Bonchev–Trinajstić information content (AvgIpc) is 4.13. The molecule has 0 atom stereocenters. The molecule has 2 aromatic heterocycles. The molecule has 0 aliphatic carbocycles. The molecular formula is C50H68N4O11S2. The first-order valence-electron chi connectivity index (χ1n) is 25.9. The number of para-hydroxylation sites is 2. The first-order chi connectivity index (χ1) is 35.2. The molecule has 67 heavy (non-hydrogen) atoms. The lowest BCUT2D eigenvalue weighted by atomic mass is 9.85. The van der Waals surface area contributed by atoms with E-state index in [0.29, 0.717) is 87.7 Å². The van der Waals surface area contributed by atoms with Crippen LogP contribution in [0.2, 0.25) is 0 Å². The Bertz CT molecular complexity index is 2300. The molecule has 15 nitrogen and oxygen atoms in total. The first-order valence-corrected chi connectivity index (χ1v) is 23.6. The maximum absolute atomic E-state index is 13.0. The van der Waals surface area contributed by atoms with Crippen molar-refractivity contribution in [2.75, 3.05) is 76.4 Å². The van der Waals surface area contributed by atoms with Crippen LogP contribution < -0.4 is 9.80 Å². The summed E-state index contributed by atoms with van der Waals surface area (Å²) in [5.41, 5.74) is -2.34. The van der Waals surface area contributed by atoms with E-state index in [2.05, 4.69) is 0 Å². The number of anilines is 2. The fourth-order valence-corrected chi connectivity index (χ4v) is 9.12. The molecule has 0 bridgehead atoms. The zero-order valence-electron chi connectivity index (χ0n) is 46.4. The van der Waals surface area contributed by atoms with Crippen molar-refractivity contribution in [2.45, 2.75) is 94.6 Å². The van der Waals surface area contributed by atoms with E-state index in [-0.39, 0.29) is 11.8 Å². The summed E-state index contributed by atoms with van der Waals surface area (Å²) in [6, 6.07) is 25.8. The predicted molar refractivity (Wildman–Crippen MR) is 262 cm³/mol. The van der Waals surface area contributed by atoms with Crippen molar-refractivity contribution in [1.29, 1.82) is 0 Å². The molecule has 0 saturated carbocycles. The summed E-state index contributed by atoms with van der Waals surface area (Å²) in [4.78, 5) is 64.0. The third-order valence-electron chi connectivity index (χ3n) is 11.3. The highest BCUT2D eigenvalue weighted by atomic mass is 32.1. The lowest BCUT2D eigenvalue weighted by molar-refractivity contribution is -0.170. The number of hydrogen-bond acceptors (Lipinski definition) is 12. The molecule has 2 amide bonds. The Labute approximate surface area is 413 Å². The van der Waals surface area contributed by atoms with Gasteiger partial charge < -0.3 is 49.5 Å². The van der Waals surface area contributed by atoms with E-state index >= 15 is 0 Å². The van der Waals surface area contributed by atoms with Gasteiger partial charge in [-0.25, -0.2) is 4.79 Å². The van der Waals surface area contributed by atoms with Crippen LogP contribution in [0.1, 0.15) is 85.9 Å². The van der Waals surface area contributed by atoms with E-state index in [9.17, 15) is 24.0 Å². The largest absolute Gasteiger partial charge is 0.481 e. The van der Waals surface area contributed by atoms with Gasteiger partial charge in [-0.1, -0.05) is 62.4 Å². The number of piperidine rings is 2. The number of amides is 2. The van der Waals surface area contributed by atoms with Gasteiger partial charge in [-0.15, -0.1) is 22.7 Å². The summed E-state index contributed by atoms with van der Waals surface area (Å²) in [6.07, 6.45) is -3.91. The first kappa shape index (κ1) is 43.3. The number of carbonyl (C=O) groups excluding carboxylic acids is 2. The van der Waals surface area contributed by atoms with Gasteiger partial charge in [0.2, 0.25) is 11.8 Å². The molecule has 2 saturated heterocycles. The van der Waals surface area contributed by atoms with Crippen LogP contribution in [0, 0.1) is 0 Å². The molecule has 4 aromatic rings. The average molecular weight is 973 g/mol. The van der Waals surface area contributed by atoms with Gasteiger partial charge in [-0.3, -0.25) is 19.2 Å². The normalized spacial score (nSPS) is 18.4. The summed E-state index contributed by atoms with van der Waals surface area (Å²) in [7, 11) is 3.23. The molecule has 2 aliphatic heterocycles. The highest BCUT2D eigenvalue weighted by Gasteiger charge is 2.44. The number of carboxylic acids is 3. The fraction of sp³-hybridized carbons (Fsp3) is 0.500. The zero-order chi connectivity index (χ0) is 56.0. The lowest BCUT2D eigenvalue weighted by Gasteiger charge is -2.48.